The minimum absolute atomic E-state index is 0.191. The number of carbonyl (C=O) groups is 1. The maximum atomic E-state index is 13.2. The topological polar surface area (TPSA) is 76.1 Å². The minimum Gasteiger partial charge on any atom is -0.321 e. The summed E-state index contributed by atoms with van der Waals surface area (Å²) in [4.78, 5) is 14.7. The SMILES string of the molecule is CS(=O)(=O)c1cc(F)ccc1NC(=O)c1ccc(C(F)(F)F)nc1. The molecule has 1 N–H and O–H groups in total. The molecule has 128 valence electrons. The van der Waals surface area contributed by atoms with E-state index in [0.29, 0.717) is 12.3 Å². The monoisotopic (exact) mass is 362 g/mol. The smallest absolute Gasteiger partial charge is 0.321 e. The Morgan fingerprint density at radius 1 is 1.17 bits per heavy atom. The van der Waals surface area contributed by atoms with E-state index < -0.39 is 38.3 Å². The fourth-order valence-corrected chi connectivity index (χ4v) is 2.64. The van der Waals surface area contributed by atoms with Crippen LogP contribution < -0.4 is 5.32 Å². The van der Waals surface area contributed by atoms with Gasteiger partial charge in [-0.25, -0.2) is 12.8 Å². The standard InChI is InChI=1S/C14H10F4N2O3S/c1-24(22,23)11-6-9(15)3-4-10(11)20-13(21)8-2-5-12(19-7-8)14(16,17)18/h2-7H,1H3,(H,20,21). The average molecular weight is 362 g/mol. The van der Waals surface area contributed by atoms with Gasteiger partial charge in [0.2, 0.25) is 0 Å². The molecule has 2 rings (SSSR count). The van der Waals surface area contributed by atoms with E-state index in [1.165, 1.54) is 0 Å². The van der Waals surface area contributed by atoms with E-state index in [1.54, 1.807) is 0 Å². The zero-order valence-corrected chi connectivity index (χ0v) is 12.9. The summed E-state index contributed by atoms with van der Waals surface area (Å²) in [6.07, 6.45) is -3.10. The Morgan fingerprint density at radius 3 is 2.33 bits per heavy atom. The Bertz CT molecular complexity index is 878. The Labute approximate surface area is 134 Å². The van der Waals surface area contributed by atoms with E-state index >= 15 is 0 Å². The Morgan fingerprint density at radius 2 is 1.83 bits per heavy atom. The highest BCUT2D eigenvalue weighted by atomic mass is 32.2. The summed E-state index contributed by atoms with van der Waals surface area (Å²) in [6, 6.07) is 4.23. The molecular weight excluding hydrogens is 352 g/mol. The van der Waals surface area contributed by atoms with Gasteiger partial charge in [-0.3, -0.25) is 9.78 Å². The van der Waals surface area contributed by atoms with Gasteiger partial charge in [0.15, 0.2) is 9.84 Å². The maximum Gasteiger partial charge on any atom is 0.433 e. The van der Waals surface area contributed by atoms with Crippen LogP contribution in [0.3, 0.4) is 0 Å². The number of halogens is 4. The third-order valence-electron chi connectivity index (χ3n) is 2.91. The second kappa shape index (κ2) is 6.19. The molecule has 10 heteroatoms. The molecule has 0 saturated carbocycles. The number of anilines is 1. The molecule has 0 atom stereocenters. The van der Waals surface area contributed by atoms with Gasteiger partial charge in [0.05, 0.1) is 16.1 Å². The molecule has 5 nitrogen and oxygen atoms in total. The highest BCUT2D eigenvalue weighted by Crippen LogP contribution is 2.27. The van der Waals surface area contributed by atoms with Gasteiger partial charge in [0.25, 0.3) is 5.91 Å². The summed E-state index contributed by atoms with van der Waals surface area (Å²) in [5.74, 6) is -1.70. The van der Waals surface area contributed by atoms with Crippen LogP contribution in [0.25, 0.3) is 0 Å². The molecule has 0 aliphatic carbocycles. The fourth-order valence-electron chi connectivity index (χ4n) is 1.80. The van der Waals surface area contributed by atoms with Crippen LogP contribution >= 0.6 is 0 Å². The summed E-state index contributed by atoms with van der Waals surface area (Å²) in [5, 5.41) is 2.21. The van der Waals surface area contributed by atoms with Gasteiger partial charge < -0.3 is 5.32 Å². The van der Waals surface area contributed by atoms with Crippen molar-refractivity contribution in [3.8, 4) is 0 Å². The predicted octanol–water partition coefficient (Wildman–Crippen LogP) is 2.90. The van der Waals surface area contributed by atoms with Crippen LogP contribution in [0.4, 0.5) is 23.2 Å². The van der Waals surface area contributed by atoms with Crippen molar-refractivity contribution in [1.82, 2.24) is 4.98 Å². The lowest BCUT2D eigenvalue weighted by Gasteiger charge is -2.10. The van der Waals surface area contributed by atoms with Crippen LogP contribution in [0, 0.1) is 5.82 Å². The summed E-state index contributed by atoms with van der Waals surface area (Å²) in [7, 11) is -3.83. The number of nitrogens with one attached hydrogen (secondary N) is 1. The van der Waals surface area contributed by atoms with Crippen LogP contribution in [0.2, 0.25) is 0 Å². The van der Waals surface area contributed by atoms with Crippen molar-refractivity contribution >= 4 is 21.4 Å². The predicted molar refractivity (Wildman–Crippen MR) is 76.7 cm³/mol. The number of aromatic nitrogens is 1. The number of nitrogens with zero attached hydrogens (tertiary/aromatic N) is 1. The van der Waals surface area contributed by atoms with Gasteiger partial charge >= 0.3 is 6.18 Å². The molecule has 0 fully saturated rings. The number of hydrogen-bond acceptors (Lipinski definition) is 4. The third kappa shape index (κ3) is 4.07. The number of rotatable bonds is 3. The first-order valence-corrected chi connectivity index (χ1v) is 8.22. The van der Waals surface area contributed by atoms with E-state index in [9.17, 15) is 30.8 Å². The van der Waals surface area contributed by atoms with Crippen LogP contribution in [-0.4, -0.2) is 25.6 Å². The maximum absolute atomic E-state index is 13.2. The number of sulfone groups is 1. The number of carbonyl (C=O) groups excluding carboxylic acids is 1. The molecule has 0 aliphatic heterocycles. The molecule has 0 aliphatic rings. The summed E-state index contributed by atoms with van der Waals surface area (Å²) < 4.78 is 73.7. The number of alkyl halides is 3. The van der Waals surface area contributed by atoms with Crippen molar-refractivity contribution < 1.29 is 30.8 Å². The molecule has 0 bridgehead atoms. The largest absolute Gasteiger partial charge is 0.433 e. The Kier molecular flexibility index (Phi) is 4.61. The quantitative estimate of drug-likeness (QED) is 0.852. The highest BCUT2D eigenvalue weighted by Gasteiger charge is 2.32. The first-order chi connectivity index (χ1) is 11.0. The van der Waals surface area contributed by atoms with Crippen molar-refractivity contribution in [2.75, 3.05) is 11.6 Å². The number of benzene rings is 1. The zero-order valence-electron chi connectivity index (χ0n) is 12.1. The van der Waals surface area contributed by atoms with Crippen LogP contribution in [0.15, 0.2) is 41.4 Å². The van der Waals surface area contributed by atoms with Crippen molar-refractivity contribution in [3.05, 3.63) is 53.6 Å². The summed E-state index contributed by atoms with van der Waals surface area (Å²) in [5.41, 5.74) is -1.58. The third-order valence-corrected chi connectivity index (χ3v) is 4.04. The molecule has 0 spiro atoms. The second-order valence-electron chi connectivity index (χ2n) is 4.80. The van der Waals surface area contributed by atoms with E-state index in [4.69, 9.17) is 0 Å². The fraction of sp³-hybridized carbons (Fsp3) is 0.143. The Balaban J connectivity index is 2.31. The van der Waals surface area contributed by atoms with E-state index in [2.05, 4.69) is 10.3 Å². The minimum atomic E-state index is -4.64. The lowest BCUT2D eigenvalue weighted by molar-refractivity contribution is -0.141. The molecule has 1 aromatic carbocycles. The molecule has 0 radical (unpaired) electrons. The Hall–Kier alpha value is -2.49. The van der Waals surface area contributed by atoms with E-state index in [-0.39, 0.29) is 11.3 Å². The van der Waals surface area contributed by atoms with Gasteiger partial charge in [-0.15, -0.1) is 0 Å². The van der Waals surface area contributed by atoms with Crippen molar-refractivity contribution in [3.63, 3.8) is 0 Å². The van der Waals surface area contributed by atoms with Crippen LogP contribution in [0.1, 0.15) is 16.1 Å². The number of pyridine rings is 1. The van der Waals surface area contributed by atoms with E-state index in [1.807, 2.05) is 0 Å². The van der Waals surface area contributed by atoms with Gasteiger partial charge in [-0.1, -0.05) is 0 Å². The van der Waals surface area contributed by atoms with E-state index in [0.717, 1.165) is 30.5 Å². The highest BCUT2D eigenvalue weighted by molar-refractivity contribution is 7.90. The molecule has 1 amide bonds. The van der Waals surface area contributed by atoms with Gasteiger partial charge in [0, 0.05) is 12.5 Å². The van der Waals surface area contributed by atoms with Gasteiger partial charge in [0.1, 0.15) is 11.5 Å². The van der Waals surface area contributed by atoms with Crippen LogP contribution in [0.5, 0.6) is 0 Å². The summed E-state index contributed by atoms with van der Waals surface area (Å²) in [6.45, 7) is 0. The molecule has 2 aromatic rings. The second-order valence-corrected chi connectivity index (χ2v) is 6.78. The molecule has 0 saturated heterocycles. The lowest BCUT2D eigenvalue weighted by Crippen LogP contribution is -2.16. The number of amides is 1. The van der Waals surface area contributed by atoms with Crippen molar-refractivity contribution in [2.45, 2.75) is 11.1 Å². The molecule has 0 unspecified atom stereocenters. The number of hydrogen-bond donors (Lipinski definition) is 1. The average Bonchev–Trinajstić information content (AvgIpc) is 2.47. The van der Waals surface area contributed by atoms with Gasteiger partial charge in [-0.2, -0.15) is 13.2 Å². The lowest BCUT2D eigenvalue weighted by atomic mass is 10.2. The first-order valence-electron chi connectivity index (χ1n) is 6.32. The normalized spacial score (nSPS) is 12.0. The first kappa shape index (κ1) is 17.9. The summed E-state index contributed by atoms with van der Waals surface area (Å²) >= 11 is 0. The van der Waals surface area contributed by atoms with Crippen LogP contribution in [-0.2, 0) is 16.0 Å². The molecule has 24 heavy (non-hydrogen) atoms. The van der Waals surface area contributed by atoms with Crippen molar-refractivity contribution in [2.24, 2.45) is 0 Å². The molecule has 1 heterocycles. The molecule has 1 aromatic heterocycles. The zero-order chi connectivity index (χ0) is 18.1. The molecular formula is C14H10F4N2O3S. The van der Waals surface area contributed by atoms with Gasteiger partial charge in [-0.05, 0) is 30.3 Å². The van der Waals surface area contributed by atoms with Crippen molar-refractivity contribution in [1.29, 1.82) is 0 Å².